The number of benzene rings is 3. The summed E-state index contributed by atoms with van der Waals surface area (Å²) >= 11 is 1.74. The Morgan fingerprint density at radius 3 is 2.41 bits per heavy atom. The third kappa shape index (κ3) is 4.73. The third-order valence-electron chi connectivity index (χ3n) is 4.58. The lowest BCUT2D eigenvalue weighted by Crippen LogP contribution is -2.26. The number of carboxylic acids is 1. The molecule has 4 heteroatoms. The molecule has 0 fully saturated rings. The van der Waals surface area contributed by atoms with Gasteiger partial charge in [-0.25, -0.2) is 4.79 Å². The maximum atomic E-state index is 11.6. The Labute approximate surface area is 173 Å². The highest BCUT2D eigenvalue weighted by molar-refractivity contribution is 7.22. The van der Waals surface area contributed by atoms with Gasteiger partial charge < -0.3 is 9.84 Å². The van der Waals surface area contributed by atoms with Gasteiger partial charge in [0.05, 0.1) is 0 Å². The molecule has 4 rings (SSSR count). The Morgan fingerprint density at radius 2 is 1.69 bits per heavy atom. The quantitative estimate of drug-likeness (QED) is 0.385. The molecule has 1 aromatic heterocycles. The van der Waals surface area contributed by atoms with Gasteiger partial charge in [-0.05, 0) is 52.9 Å². The summed E-state index contributed by atoms with van der Waals surface area (Å²) in [5, 5.41) is 10.7. The van der Waals surface area contributed by atoms with Crippen LogP contribution in [0.1, 0.15) is 12.0 Å². The zero-order valence-corrected chi connectivity index (χ0v) is 16.5. The van der Waals surface area contributed by atoms with Crippen molar-refractivity contribution in [2.75, 3.05) is 0 Å². The molecule has 29 heavy (non-hydrogen) atoms. The largest absolute Gasteiger partial charge is 0.478 e. The Morgan fingerprint density at radius 1 is 0.966 bits per heavy atom. The third-order valence-corrected chi connectivity index (χ3v) is 5.74. The van der Waals surface area contributed by atoms with Gasteiger partial charge >= 0.3 is 5.97 Å². The first-order valence-corrected chi connectivity index (χ1v) is 10.2. The van der Waals surface area contributed by atoms with Crippen LogP contribution in [0.3, 0.4) is 0 Å². The number of ether oxygens (including phenoxy) is 1. The van der Waals surface area contributed by atoms with E-state index in [1.54, 1.807) is 11.3 Å². The molecule has 0 aliphatic rings. The molecule has 1 N–H and O–H groups in total. The van der Waals surface area contributed by atoms with E-state index in [0.717, 1.165) is 11.1 Å². The van der Waals surface area contributed by atoms with Gasteiger partial charge in [0.2, 0.25) is 0 Å². The maximum absolute atomic E-state index is 11.6. The number of rotatable bonds is 7. The first kappa shape index (κ1) is 19.0. The summed E-state index contributed by atoms with van der Waals surface area (Å²) in [5.74, 6) is -0.424. The monoisotopic (exact) mass is 400 g/mol. The standard InChI is InChI=1S/C25H20O3S/c26-25(27)22(11-6-9-18-7-2-1-3-8-18)28-21-15-13-19(14-16-21)24-17-20-10-4-5-12-23(20)29-24/h1-10,12-17,22H,11H2,(H,26,27)/b9-6-. The van der Waals surface area contributed by atoms with E-state index in [0.29, 0.717) is 12.2 Å². The Kier molecular flexibility index (Phi) is 5.73. The summed E-state index contributed by atoms with van der Waals surface area (Å²) in [6.07, 6.45) is 3.11. The van der Waals surface area contributed by atoms with Crippen molar-refractivity contribution in [1.82, 2.24) is 0 Å². The van der Waals surface area contributed by atoms with Crippen LogP contribution in [-0.2, 0) is 4.79 Å². The Balaban J connectivity index is 1.44. The molecule has 0 bridgehead atoms. The first-order chi connectivity index (χ1) is 14.2. The molecule has 3 nitrogen and oxygen atoms in total. The topological polar surface area (TPSA) is 46.5 Å². The molecule has 4 aromatic rings. The second-order valence-electron chi connectivity index (χ2n) is 6.67. The summed E-state index contributed by atoms with van der Waals surface area (Å²) in [6, 6.07) is 27.9. The lowest BCUT2D eigenvalue weighted by Gasteiger charge is -2.13. The van der Waals surface area contributed by atoms with Gasteiger partial charge in [-0.15, -0.1) is 11.3 Å². The summed E-state index contributed by atoms with van der Waals surface area (Å²) in [5.41, 5.74) is 2.12. The van der Waals surface area contributed by atoms with E-state index in [1.165, 1.54) is 15.0 Å². The lowest BCUT2D eigenvalue weighted by atomic mass is 10.1. The number of hydrogen-bond acceptors (Lipinski definition) is 3. The molecular weight excluding hydrogens is 380 g/mol. The predicted octanol–water partition coefficient (Wildman–Crippen LogP) is 6.50. The van der Waals surface area contributed by atoms with Gasteiger partial charge in [0.15, 0.2) is 6.10 Å². The van der Waals surface area contributed by atoms with Crippen molar-refractivity contribution in [3.05, 3.63) is 96.6 Å². The minimum Gasteiger partial charge on any atom is -0.478 e. The second-order valence-corrected chi connectivity index (χ2v) is 7.75. The van der Waals surface area contributed by atoms with Gasteiger partial charge in [-0.2, -0.15) is 0 Å². The van der Waals surface area contributed by atoms with E-state index in [1.807, 2.05) is 78.9 Å². The highest BCUT2D eigenvalue weighted by atomic mass is 32.1. The molecule has 144 valence electrons. The smallest absolute Gasteiger partial charge is 0.345 e. The van der Waals surface area contributed by atoms with E-state index in [9.17, 15) is 9.90 Å². The number of aliphatic carboxylic acids is 1. The highest BCUT2D eigenvalue weighted by Crippen LogP contribution is 2.34. The van der Waals surface area contributed by atoms with Crippen molar-refractivity contribution in [2.45, 2.75) is 12.5 Å². The molecule has 3 aromatic carbocycles. The molecular formula is C25H20O3S. The molecule has 1 atom stereocenters. The average molecular weight is 400 g/mol. The lowest BCUT2D eigenvalue weighted by molar-refractivity contribution is -0.144. The van der Waals surface area contributed by atoms with Crippen molar-refractivity contribution >= 4 is 33.5 Å². The van der Waals surface area contributed by atoms with Crippen LogP contribution in [0, 0.1) is 0 Å². The minimum atomic E-state index is -0.976. The Hall–Kier alpha value is -3.37. The molecule has 0 saturated carbocycles. The molecule has 0 amide bonds. The fourth-order valence-corrected chi connectivity index (χ4v) is 4.15. The van der Waals surface area contributed by atoms with Crippen LogP contribution < -0.4 is 4.74 Å². The molecule has 0 spiro atoms. The van der Waals surface area contributed by atoms with Crippen LogP contribution >= 0.6 is 11.3 Å². The van der Waals surface area contributed by atoms with Crippen LogP contribution in [-0.4, -0.2) is 17.2 Å². The number of hydrogen-bond donors (Lipinski definition) is 1. The molecule has 0 aliphatic heterocycles. The number of carboxylic acid groups (broad SMARTS) is 1. The Bertz CT molecular complexity index is 1090. The number of thiophene rings is 1. The van der Waals surface area contributed by atoms with Gasteiger partial charge in [0.25, 0.3) is 0 Å². The van der Waals surface area contributed by atoms with Crippen molar-refractivity contribution in [3.63, 3.8) is 0 Å². The van der Waals surface area contributed by atoms with Crippen LogP contribution in [0.15, 0.2) is 91.0 Å². The summed E-state index contributed by atoms with van der Waals surface area (Å²) < 4.78 is 6.97. The maximum Gasteiger partial charge on any atom is 0.345 e. The van der Waals surface area contributed by atoms with Gasteiger partial charge in [-0.1, -0.05) is 60.7 Å². The zero-order valence-electron chi connectivity index (χ0n) is 15.7. The molecule has 0 saturated heterocycles. The molecule has 0 radical (unpaired) electrons. The highest BCUT2D eigenvalue weighted by Gasteiger charge is 2.18. The fourth-order valence-electron chi connectivity index (χ4n) is 3.08. The van der Waals surface area contributed by atoms with Gasteiger partial charge in [0, 0.05) is 16.0 Å². The van der Waals surface area contributed by atoms with Crippen molar-refractivity contribution < 1.29 is 14.6 Å². The summed E-state index contributed by atoms with van der Waals surface area (Å²) in [4.78, 5) is 12.8. The summed E-state index contributed by atoms with van der Waals surface area (Å²) in [7, 11) is 0. The minimum absolute atomic E-state index is 0.294. The zero-order chi connectivity index (χ0) is 20.1. The van der Waals surface area contributed by atoms with E-state index >= 15 is 0 Å². The predicted molar refractivity (Wildman–Crippen MR) is 119 cm³/mol. The fraction of sp³-hybridized carbons (Fsp3) is 0.0800. The SMILES string of the molecule is O=C(O)C(C/C=C\c1ccccc1)Oc1ccc(-c2cc3ccccc3s2)cc1. The van der Waals surface area contributed by atoms with E-state index < -0.39 is 12.1 Å². The normalized spacial score (nSPS) is 12.3. The van der Waals surface area contributed by atoms with Crippen LogP contribution in [0.4, 0.5) is 0 Å². The first-order valence-electron chi connectivity index (χ1n) is 9.39. The van der Waals surface area contributed by atoms with Crippen LogP contribution in [0.25, 0.3) is 26.6 Å². The molecule has 0 aliphatic carbocycles. The molecule has 1 heterocycles. The van der Waals surface area contributed by atoms with E-state index in [2.05, 4.69) is 18.2 Å². The average Bonchev–Trinajstić information content (AvgIpc) is 3.18. The van der Waals surface area contributed by atoms with Crippen molar-refractivity contribution in [3.8, 4) is 16.2 Å². The molecule has 1 unspecified atom stereocenters. The van der Waals surface area contributed by atoms with E-state index in [-0.39, 0.29) is 0 Å². The van der Waals surface area contributed by atoms with E-state index in [4.69, 9.17) is 4.74 Å². The second kappa shape index (κ2) is 8.76. The van der Waals surface area contributed by atoms with Crippen LogP contribution in [0.2, 0.25) is 0 Å². The number of fused-ring (bicyclic) bond motifs is 1. The number of carbonyl (C=O) groups is 1. The van der Waals surface area contributed by atoms with Gasteiger partial charge in [0.1, 0.15) is 5.75 Å². The van der Waals surface area contributed by atoms with Crippen LogP contribution in [0.5, 0.6) is 5.75 Å². The van der Waals surface area contributed by atoms with Crippen molar-refractivity contribution in [1.29, 1.82) is 0 Å². The summed E-state index contributed by atoms with van der Waals surface area (Å²) in [6.45, 7) is 0. The van der Waals surface area contributed by atoms with Crippen molar-refractivity contribution in [2.24, 2.45) is 0 Å². The van der Waals surface area contributed by atoms with Gasteiger partial charge in [-0.3, -0.25) is 0 Å².